The first-order chi connectivity index (χ1) is 20.1. The van der Waals surface area contributed by atoms with Crippen LogP contribution in [-0.2, 0) is 27.3 Å². The molecule has 2 aromatic rings. The number of carbonyl (C=O) groups excluding carboxylic acids is 3. The minimum Gasteiger partial charge on any atom is -0.508 e. The summed E-state index contributed by atoms with van der Waals surface area (Å²) in [4.78, 5) is 52.9. The first-order valence-corrected chi connectivity index (χ1v) is 13.3. The molecule has 7 N–H and O–H groups in total. The Hall–Kier alpha value is -4.89. The average Bonchev–Trinajstić information content (AvgIpc) is 3.39. The van der Waals surface area contributed by atoms with E-state index in [-0.39, 0.29) is 42.0 Å². The summed E-state index contributed by atoms with van der Waals surface area (Å²) in [6.07, 6.45) is 0.0942. The van der Waals surface area contributed by atoms with Gasteiger partial charge in [0.25, 0.3) is 5.91 Å². The Balaban J connectivity index is 1.64. The minimum atomic E-state index is -2.74. The number of nitrogens with two attached hydrogens (primary N) is 1. The highest BCUT2D eigenvalue weighted by molar-refractivity contribution is 6.24. The van der Waals surface area contributed by atoms with Crippen molar-refractivity contribution in [1.29, 1.82) is 0 Å². The molecule has 43 heavy (non-hydrogen) atoms. The highest BCUT2D eigenvalue weighted by Gasteiger charge is 2.64. The summed E-state index contributed by atoms with van der Waals surface area (Å²) in [7, 11) is 6.54. The van der Waals surface area contributed by atoms with E-state index >= 15 is 0 Å². The molecule has 0 saturated heterocycles. The van der Waals surface area contributed by atoms with Crippen LogP contribution in [0.25, 0.3) is 5.76 Å². The maximum Gasteiger partial charge on any atom is 0.433 e. The molecular weight excluding hydrogens is 566 g/mol. The molecule has 0 bridgehead atoms. The molecule has 1 fully saturated rings. The fourth-order valence-electron chi connectivity index (χ4n) is 6.57. The van der Waals surface area contributed by atoms with Crippen LogP contribution in [0.5, 0.6) is 5.75 Å². The smallest absolute Gasteiger partial charge is 0.433 e. The van der Waals surface area contributed by atoms with Crippen LogP contribution in [0, 0.1) is 22.0 Å². The molecule has 228 valence electrons. The quantitative estimate of drug-likeness (QED) is 0.114. The molecule has 1 aromatic carbocycles. The molecule has 1 saturated carbocycles. The zero-order valence-electron chi connectivity index (χ0n) is 23.7. The van der Waals surface area contributed by atoms with Gasteiger partial charge in [-0.2, -0.15) is 0 Å². The van der Waals surface area contributed by atoms with Crippen molar-refractivity contribution in [3.05, 3.63) is 62.1 Å². The number of phenolic OH excluding ortho intramolecular Hbond substituents is 1. The van der Waals surface area contributed by atoms with Crippen LogP contribution in [0.4, 0.5) is 17.3 Å². The van der Waals surface area contributed by atoms with Crippen LogP contribution in [0.3, 0.4) is 0 Å². The number of furan rings is 1. The molecule has 0 radical (unpaired) electrons. The van der Waals surface area contributed by atoms with Gasteiger partial charge >= 0.3 is 5.88 Å². The van der Waals surface area contributed by atoms with Crippen molar-refractivity contribution in [2.75, 3.05) is 38.4 Å². The van der Waals surface area contributed by atoms with E-state index in [9.17, 15) is 44.9 Å². The van der Waals surface area contributed by atoms with Gasteiger partial charge in [-0.05, 0) is 50.6 Å². The standard InChI is InChI=1S/C28H31N5O10/c1-31(2)16-9-15(30-10-12-5-6-17(43-12)33(41)42)22(34)19-13(16)7-11-8-14-21(32(3)4)24(36)20(27(29)39)26(38)28(14,40)25(37)18(11)23(19)35/h5-6,9,11,14,21,30,34-35,38,40H,7-8,10H2,1-4H3,(H2,29,39)/t11-,14-,21?,28-/m1/s1. The molecule has 4 atom stereocenters. The van der Waals surface area contributed by atoms with Crippen LogP contribution in [-0.4, -0.2) is 87.6 Å². The number of ketones is 2. The molecule has 0 spiro atoms. The molecule has 3 aliphatic rings. The number of aliphatic hydroxyl groups excluding tert-OH is 2. The summed E-state index contributed by atoms with van der Waals surface area (Å²) < 4.78 is 5.16. The number of nitrogens with one attached hydrogen (secondary N) is 1. The van der Waals surface area contributed by atoms with Gasteiger partial charge in [-0.1, -0.05) is 0 Å². The number of benzene rings is 1. The largest absolute Gasteiger partial charge is 0.508 e. The molecular formula is C28H31N5O10. The van der Waals surface area contributed by atoms with Gasteiger partial charge in [-0.25, -0.2) is 0 Å². The van der Waals surface area contributed by atoms with Crippen LogP contribution >= 0.6 is 0 Å². The highest BCUT2D eigenvalue weighted by atomic mass is 16.6. The molecule has 1 heterocycles. The van der Waals surface area contributed by atoms with Gasteiger partial charge in [0.15, 0.2) is 11.4 Å². The number of hydrogen-bond acceptors (Lipinski definition) is 13. The van der Waals surface area contributed by atoms with Gasteiger partial charge in [0.2, 0.25) is 5.78 Å². The monoisotopic (exact) mass is 597 g/mol. The Morgan fingerprint density at radius 3 is 2.44 bits per heavy atom. The van der Waals surface area contributed by atoms with Crippen LogP contribution in [0.1, 0.15) is 23.3 Å². The molecule has 3 aliphatic carbocycles. The fraction of sp³-hybridized carbons (Fsp3) is 0.393. The molecule has 0 aliphatic heterocycles. The second-order valence-electron chi connectivity index (χ2n) is 11.4. The third kappa shape index (κ3) is 4.30. The number of carbonyl (C=O) groups is 3. The number of Topliss-reactive ketones (excluding diaryl/α,β-unsaturated/α-hetero) is 2. The zero-order valence-corrected chi connectivity index (χ0v) is 23.7. The number of aliphatic hydroxyl groups is 3. The van der Waals surface area contributed by atoms with E-state index in [1.54, 1.807) is 25.1 Å². The summed E-state index contributed by atoms with van der Waals surface area (Å²) in [5.41, 5.74) is 2.55. The number of nitrogens with zero attached hydrogens (tertiary/aromatic N) is 3. The predicted molar refractivity (Wildman–Crippen MR) is 151 cm³/mol. The molecule has 1 amide bonds. The number of primary amides is 1. The lowest BCUT2D eigenvalue weighted by atomic mass is 9.57. The van der Waals surface area contributed by atoms with E-state index in [0.29, 0.717) is 11.3 Å². The van der Waals surface area contributed by atoms with Gasteiger partial charge in [0, 0.05) is 31.3 Å². The first kappa shape index (κ1) is 29.6. The predicted octanol–water partition coefficient (Wildman–Crippen LogP) is 1.14. The van der Waals surface area contributed by atoms with E-state index < -0.39 is 74.6 Å². The van der Waals surface area contributed by atoms with Gasteiger partial charge in [0.1, 0.15) is 33.5 Å². The molecule has 1 unspecified atom stereocenters. The van der Waals surface area contributed by atoms with Crippen molar-refractivity contribution >= 4 is 40.5 Å². The Labute approximate surface area is 244 Å². The number of amides is 1. The molecule has 5 rings (SSSR count). The molecule has 15 nitrogen and oxygen atoms in total. The summed E-state index contributed by atoms with van der Waals surface area (Å²) in [6, 6.07) is 3.02. The third-order valence-electron chi connectivity index (χ3n) is 8.46. The van der Waals surface area contributed by atoms with Gasteiger partial charge < -0.3 is 40.8 Å². The molecule has 1 aromatic heterocycles. The number of hydrogen-bond donors (Lipinski definition) is 6. The highest BCUT2D eigenvalue weighted by Crippen LogP contribution is 2.54. The van der Waals surface area contributed by atoms with E-state index in [4.69, 9.17) is 10.2 Å². The Kier molecular flexibility index (Phi) is 6.97. The van der Waals surface area contributed by atoms with Crippen molar-refractivity contribution in [1.82, 2.24) is 4.90 Å². The lowest BCUT2D eigenvalue weighted by Crippen LogP contribution is -2.65. The van der Waals surface area contributed by atoms with Crippen molar-refractivity contribution in [3.8, 4) is 5.75 Å². The van der Waals surface area contributed by atoms with Crippen LogP contribution in [0.15, 0.2) is 39.5 Å². The van der Waals surface area contributed by atoms with E-state index in [0.717, 1.165) is 0 Å². The van der Waals surface area contributed by atoms with Gasteiger partial charge in [-0.3, -0.25) is 29.4 Å². The van der Waals surface area contributed by atoms with E-state index in [2.05, 4.69) is 5.32 Å². The topological polar surface area (TPSA) is 233 Å². The number of likely N-dealkylation sites (N-methyl/N-ethyl adjacent to an activating group) is 1. The summed E-state index contributed by atoms with van der Waals surface area (Å²) in [5, 5.41) is 59.5. The third-order valence-corrected chi connectivity index (χ3v) is 8.46. The minimum absolute atomic E-state index is 0.0311. The zero-order chi connectivity index (χ0) is 31.7. The maximum absolute atomic E-state index is 14.1. The number of nitro groups is 1. The van der Waals surface area contributed by atoms with Crippen LogP contribution < -0.4 is 16.0 Å². The number of fused-ring (bicyclic) bond motifs is 3. The maximum atomic E-state index is 14.1. The first-order valence-electron chi connectivity index (χ1n) is 13.3. The van der Waals surface area contributed by atoms with Crippen LogP contribution in [0.2, 0.25) is 0 Å². The van der Waals surface area contributed by atoms with Gasteiger partial charge in [-0.15, -0.1) is 0 Å². The Bertz CT molecular complexity index is 1650. The molecule has 15 heteroatoms. The summed E-state index contributed by atoms with van der Waals surface area (Å²) >= 11 is 0. The second-order valence-corrected chi connectivity index (χ2v) is 11.4. The van der Waals surface area contributed by atoms with E-state index in [1.165, 1.54) is 31.1 Å². The summed E-state index contributed by atoms with van der Waals surface area (Å²) in [6.45, 7) is -0.0676. The van der Waals surface area contributed by atoms with E-state index in [1.807, 2.05) is 0 Å². The Morgan fingerprint density at radius 1 is 1.21 bits per heavy atom. The van der Waals surface area contributed by atoms with Crippen molar-refractivity contribution in [2.24, 2.45) is 17.6 Å². The average molecular weight is 598 g/mol. The van der Waals surface area contributed by atoms with Crippen molar-refractivity contribution < 1.29 is 44.2 Å². The number of aromatic hydroxyl groups is 1. The lowest BCUT2D eigenvalue weighted by Gasteiger charge is -2.50. The Morgan fingerprint density at radius 2 is 1.88 bits per heavy atom. The fourth-order valence-corrected chi connectivity index (χ4v) is 6.57. The van der Waals surface area contributed by atoms with Crippen molar-refractivity contribution in [3.63, 3.8) is 0 Å². The van der Waals surface area contributed by atoms with Gasteiger partial charge in [0.05, 0.1) is 29.9 Å². The SMILES string of the molecule is CN(C)c1cc(NCc2ccc([N+](=O)[O-])o2)c(O)c2c1C[C@@H]1C[C@@H]3C(N(C)C)C(=O)C(C(N)=O)=C(O)[C@]3(O)C(=O)C1=C2O. The summed E-state index contributed by atoms with van der Waals surface area (Å²) in [5.74, 6) is -7.64. The second kappa shape index (κ2) is 10.1. The lowest BCUT2D eigenvalue weighted by molar-refractivity contribution is -0.402. The normalized spacial score (nSPS) is 24.9. The number of rotatable bonds is 7. The number of phenols is 1. The van der Waals surface area contributed by atoms with Crippen molar-refractivity contribution in [2.45, 2.75) is 31.0 Å². The number of anilines is 2.